The van der Waals surface area contributed by atoms with Crippen LogP contribution in [0.2, 0.25) is 0 Å². The van der Waals surface area contributed by atoms with Gasteiger partial charge in [0.15, 0.2) is 5.69 Å². The fraction of sp³-hybridized carbons (Fsp3) is 0.389. The number of rotatable bonds is 7. The van der Waals surface area contributed by atoms with Crippen LogP contribution in [0.25, 0.3) is 5.69 Å². The number of carbonyl (C=O) groups excluding carboxylic acids is 1. The van der Waals surface area contributed by atoms with Gasteiger partial charge in [0, 0.05) is 23.6 Å². The molecule has 0 saturated heterocycles. The zero-order valence-corrected chi connectivity index (χ0v) is 14.9. The quantitative estimate of drug-likeness (QED) is 0.741. The van der Waals surface area contributed by atoms with Gasteiger partial charge < -0.3 is 10.4 Å². The molecule has 6 nitrogen and oxygen atoms in total. The second-order valence-corrected chi connectivity index (χ2v) is 7.13. The second kappa shape index (κ2) is 7.74. The Hall–Kier alpha value is -2.28. The van der Waals surface area contributed by atoms with Gasteiger partial charge in [0.05, 0.1) is 11.4 Å². The van der Waals surface area contributed by atoms with Crippen molar-refractivity contribution in [3.63, 3.8) is 0 Å². The summed E-state index contributed by atoms with van der Waals surface area (Å²) in [7, 11) is 0. The molecule has 25 heavy (non-hydrogen) atoms. The van der Waals surface area contributed by atoms with Crippen molar-refractivity contribution < 1.29 is 14.7 Å². The van der Waals surface area contributed by atoms with Crippen molar-refractivity contribution in [2.24, 2.45) is 0 Å². The smallest absolute Gasteiger partial charge is 0.313 e. The molecule has 0 aliphatic heterocycles. The van der Waals surface area contributed by atoms with E-state index in [4.69, 9.17) is 5.11 Å². The van der Waals surface area contributed by atoms with E-state index in [1.807, 2.05) is 35.9 Å². The highest BCUT2D eigenvalue weighted by molar-refractivity contribution is 7.99. The minimum Gasteiger partial charge on any atom is -0.481 e. The lowest BCUT2D eigenvalue weighted by Crippen LogP contribution is -2.27. The molecule has 2 aromatic rings. The number of aromatic nitrogens is 2. The van der Waals surface area contributed by atoms with Crippen LogP contribution in [-0.4, -0.2) is 44.8 Å². The Morgan fingerprint density at radius 1 is 1.32 bits per heavy atom. The van der Waals surface area contributed by atoms with Crippen LogP contribution in [-0.2, 0) is 17.6 Å². The number of para-hydroxylation sites is 1. The number of thioether (sulfide) groups is 1. The van der Waals surface area contributed by atoms with Gasteiger partial charge in [-0.2, -0.15) is 5.10 Å². The maximum Gasteiger partial charge on any atom is 0.313 e. The van der Waals surface area contributed by atoms with E-state index >= 15 is 0 Å². The van der Waals surface area contributed by atoms with E-state index in [2.05, 4.69) is 10.4 Å². The molecule has 0 unspecified atom stereocenters. The Kier molecular flexibility index (Phi) is 5.43. The molecule has 0 bridgehead atoms. The predicted molar refractivity (Wildman–Crippen MR) is 97.6 cm³/mol. The van der Waals surface area contributed by atoms with Gasteiger partial charge in [-0.25, -0.2) is 4.68 Å². The van der Waals surface area contributed by atoms with Crippen LogP contribution in [0.4, 0.5) is 0 Å². The van der Waals surface area contributed by atoms with Crippen LogP contribution in [0.3, 0.4) is 0 Å². The second-order valence-electron chi connectivity index (χ2n) is 6.03. The lowest BCUT2D eigenvalue weighted by atomic mass is 10.2. The molecule has 1 aliphatic carbocycles. The minimum atomic E-state index is -0.842. The molecule has 0 spiro atoms. The number of hydrogen-bond donors (Lipinski definition) is 2. The lowest BCUT2D eigenvalue weighted by molar-refractivity contribution is -0.133. The molecule has 3 rings (SSSR count). The van der Waals surface area contributed by atoms with Crippen molar-refractivity contribution >= 4 is 23.6 Å². The Morgan fingerprint density at radius 2 is 2.12 bits per heavy atom. The van der Waals surface area contributed by atoms with Crippen LogP contribution in [0.1, 0.15) is 33.7 Å². The number of nitrogens with one attached hydrogen (secondary N) is 1. The molecule has 0 fully saturated rings. The number of aliphatic carboxylic acids is 1. The number of carboxylic acid groups (broad SMARTS) is 1. The molecule has 1 aromatic heterocycles. The van der Waals surface area contributed by atoms with E-state index in [0.29, 0.717) is 18.0 Å². The molecule has 1 aromatic carbocycles. The number of benzene rings is 1. The third-order valence-corrected chi connectivity index (χ3v) is 5.19. The highest BCUT2D eigenvalue weighted by Gasteiger charge is 2.27. The molecular weight excluding hydrogens is 338 g/mol. The predicted octanol–water partition coefficient (Wildman–Crippen LogP) is 2.22. The maximum atomic E-state index is 12.5. The van der Waals surface area contributed by atoms with Gasteiger partial charge in [0.25, 0.3) is 5.91 Å². The first kappa shape index (κ1) is 17.5. The number of nitrogens with zero attached hydrogens (tertiary/aromatic N) is 2. The van der Waals surface area contributed by atoms with Gasteiger partial charge in [-0.15, -0.1) is 11.8 Å². The van der Waals surface area contributed by atoms with Crippen molar-refractivity contribution in [1.82, 2.24) is 15.1 Å². The Labute approximate surface area is 150 Å². The summed E-state index contributed by atoms with van der Waals surface area (Å²) < 4.78 is 1.91. The number of fused-ring (bicyclic) bond motifs is 1. The monoisotopic (exact) mass is 359 g/mol. The topological polar surface area (TPSA) is 84.2 Å². The third-order valence-electron chi connectivity index (χ3n) is 4.25. The van der Waals surface area contributed by atoms with Crippen LogP contribution in [0, 0.1) is 6.92 Å². The number of aryl methyl sites for hydroxylation is 1. The Balaban J connectivity index is 1.75. The molecule has 0 radical (unpaired) electrons. The van der Waals surface area contributed by atoms with E-state index in [9.17, 15) is 9.59 Å². The molecule has 132 valence electrons. The van der Waals surface area contributed by atoms with Gasteiger partial charge in [-0.3, -0.25) is 9.59 Å². The van der Waals surface area contributed by atoms with Gasteiger partial charge in [-0.05, 0) is 37.8 Å². The van der Waals surface area contributed by atoms with Gasteiger partial charge >= 0.3 is 5.97 Å². The van der Waals surface area contributed by atoms with Crippen molar-refractivity contribution in [3.05, 3.63) is 46.8 Å². The highest BCUT2D eigenvalue weighted by atomic mass is 32.2. The van der Waals surface area contributed by atoms with E-state index in [-0.39, 0.29) is 11.7 Å². The minimum absolute atomic E-state index is 0.0488. The molecule has 2 N–H and O–H groups in total. The molecule has 1 aliphatic rings. The van der Waals surface area contributed by atoms with Crippen molar-refractivity contribution in [1.29, 1.82) is 0 Å². The van der Waals surface area contributed by atoms with Gasteiger partial charge in [0.2, 0.25) is 0 Å². The van der Waals surface area contributed by atoms with Gasteiger partial charge in [0.1, 0.15) is 0 Å². The normalized spacial score (nSPS) is 12.8. The summed E-state index contributed by atoms with van der Waals surface area (Å²) in [5.74, 6) is -0.404. The molecular formula is C18H21N3O3S. The fourth-order valence-electron chi connectivity index (χ4n) is 3.10. The summed E-state index contributed by atoms with van der Waals surface area (Å²) in [5, 5.41) is 16.1. The van der Waals surface area contributed by atoms with E-state index in [1.165, 1.54) is 11.8 Å². The summed E-state index contributed by atoms with van der Waals surface area (Å²) in [6.07, 6.45) is 2.84. The first-order valence-electron chi connectivity index (χ1n) is 8.32. The Morgan fingerprint density at radius 3 is 2.88 bits per heavy atom. The zero-order valence-electron chi connectivity index (χ0n) is 14.1. The first-order chi connectivity index (χ1) is 12.1. The average Bonchev–Trinajstić information content (AvgIpc) is 3.17. The molecule has 1 amide bonds. The standard InChI is InChI=1S/C18H21N3O3S/c1-12-5-2-3-7-14(12)21-15-8-4-6-13(15)17(20-21)18(24)19-9-10-25-11-16(22)23/h2-3,5,7H,4,6,8-11H2,1H3,(H,19,24)(H,22,23). The molecule has 0 atom stereocenters. The van der Waals surface area contributed by atoms with Crippen LogP contribution >= 0.6 is 11.8 Å². The number of carbonyl (C=O) groups is 2. The molecule has 7 heteroatoms. The SMILES string of the molecule is Cc1ccccc1-n1nc(C(=O)NCCSCC(=O)O)c2c1CCC2. The Bertz CT molecular complexity index is 801. The third kappa shape index (κ3) is 3.87. The van der Waals surface area contributed by atoms with E-state index < -0.39 is 5.97 Å². The number of hydrogen-bond acceptors (Lipinski definition) is 4. The van der Waals surface area contributed by atoms with Crippen molar-refractivity contribution in [3.8, 4) is 5.69 Å². The number of amides is 1. The summed E-state index contributed by atoms with van der Waals surface area (Å²) in [6.45, 7) is 2.47. The lowest BCUT2D eigenvalue weighted by Gasteiger charge is -2.08. The summed E-state index contributed by atoms with van der Waals surface area (Å²) >= 11 is 1.29. The average molecular weight is 359 g/mol. The van der Waals surface area contributed by atoms with Crippen molar-refractivity contribution in [2.45, 2.75) is 26.2 Å². The number of carboxylic acids is 1. The molecule has 1 heterocycles. The first-order valence-corrected chi connectivity index (χ1v) is 9.48. The summed E-state index contributed by atoms with van der Waals surface area (Å²) in [5.41, 5.74) is 4.80. The van der Waals surface area contributed by atoms with E-state index in [0.717, 1.165) is 41.8 Å². The van der Waals surface area contributed by atoms with Crippen LogP contribution < -0.4 is 5.32 Å². The highest BCUT2D eigenvalue weighted by Crippen LogP contribution is 2.28. The summed E-state index contributed by atoms with van der Waals surface area (Å²) in [4.78, 5) is 23.0. The van der Waals surface area contributed by atoms with Crippen LogP contribution in [0.5, 0.6) is 0 Å². The largest absolute Gasteiger partial charge is 0.481 e. The maximum absolute atomic E-state index is 12.5. The summed E-state index contributed by atoms with van der Waals surface area (Å²) in [6, 6.07) is 8.03. The van der Waals surface area contributed by atoms with Gasteiger partial charge in [-0.1, -0.05) is 18.2 Å². The zero-order chi connectivity index (χ0) is 17.8. The van der Waals surface area contributed by atoms with Crippen molar-refractivity contribution in [2.75, 3.05) is 18.1 Å². The molecule has 0 saturated carbocycles. The van der Waals surface area contributed by atoms with Crippen LogP contribution in [0.15, 0.2) is 24.3 Å². The van der Waals surface area contributed by atoms with E-state index in [1.54, 1.807) is 0 Å². The fourth-order valence-corrected chi connectivity index (χ4v) is 3.67.